The van der Waals surface area contributed by atoms with E-state index in [0.717, 1.165) is 16.9 Å². The van der Waals surface area contributed by atoms with E-state index in [4.69, 9.17) is 4.42 Å². The topological polar surface area (TPSA) is 103 Å². The summed E-state index contributed by atoms with van der Waals surface area (Å²) in [6.45, 7) is 2.67. The molecule has 0 radical (unpaired) electrons. The average Bonchev–Trinajstić information content (AvgIpc) is 3.57. The van der Waals surface area contributed by atoms with Crippen LogP contribution in [0.2, 0.25) is 0 Å². The lowest BCUT2D eigenvalue weighted by Gasteiger charge is -2.07. The van der Waals surface area contributed by atoms with Crippen LogP contribution in [0.15, 0.2) is 76.9 Å². The monoisotopic (exact) mass is 445 g/mol. The highest BCUT2D eigenvalue weighted by molar-refractivity contribution is 7.99. The van der Waals surface area contributed by atoms with Gasteiger partial charge in [-0.2, -0.15) is 0 Å². The van der Waals surface area contributed by atoms with Crippen LogP contribution in [0.5, 0.6) is 0 Å². The fraction of sp³-hybridized carbons (Fsp3) is 0.136. The molecule has 0 atom stereocenters. The summed E-state index contributed by atoms with van der Waals surface area (Å²) in [5, 5.41) is 12.0. The van der Waals surface area contributed by atoms with E-state index in [1.165, 1.54) is 11.8 Å². The molecule has 0 aliphatic heterocycles. The number of rotatable bonds is 7. The van der Waals surface area contributed by atoms with Gasteiger partial charge in [-0.15, -0.1) is 10.2 Å². The smallest absolute Gasteiger partial charge is 0.234 e. The molecule has 160 valence electrons. The first kappa shape index (κ1) is 20.0. The minimum atomic E-state index is -0.120. The number of imidazole rings is 1. The molecule has 0 saturated carbocycles. The van der Waals surface area contributed by atoms with Crippen molar-refractivity contribution >= 4 is 29.1 Å². The molecule has 1 N–H and O–H groups in total. The second-order valence-corrected chi connectivity index (χ2v) is 7.84. The zero-order valence-corrected chi connectivity index (χ0v) is 18.0. The first-order valence-corrected chi connectivity index (χ1v) is 11.0. The number of aromatic nitrogens is 6. The molecule has 0 aliphatic rings. The largest absolute Gasteiger partial charge is 0.461 e. The van der Waals surface area contributed by atoms with Crippen LogP contribution in [0.25, 0.3) is 28.6 Å². The average molecular weight is 446 g/mol. The Kier molecular flexibility index (Phi) is 5.42. The van der Waals surface area contributed by atoms with Crippen LogP contribution in [0, 0.1) is 0 Å². The summed E-state index contributed by atoms with van der Waals surface area (Å²) in [7, 11) is 0. The zero-order valence-electron chi connectivity index (χ0n) is 17.2. The van der Waals surface area contributed by atoms with Gasteiger partial charge in [-0.1, -0.05) is 23.9 Å². The molecule has 4 heterocycles. The summed E-state index contributed by atoms with van der Waals surface area (Å²) in [6, 6.07) is 13.1. The fourth-order valence-electron chi connectivity index (χ4n) is 3.29. The molecule has 4 aromatic heterocycles. The quantitative estimate of drug-likeness (QED) is 0.378. The maximum atomic E-state index is 12.5. The SMILES string of the molecule is CCn1c(SCC(=O)Nc2ccc(-c3cn4cccnc4n3)cc2)nnc1-c1ccco1. The van der Waals surface area contributed by atoms with E-state index in [9.17, 15) is 4.79 Å². The lowest BCUT2D eigenvalue weighted by Crippen LogP contribution is -2.14. The van der Waals surface area contributed by atoms with Gasteiger partial charge >= 0.3 is 0 Å². The maximum absolute atomic E-state index is 12.5. The third kappa shape index (κ3) is 4.00. The van der Waals surface area contributed by atoms with Crippen molar-refractivity contribution in [2.45, 2.75) is 18.6 Å². The lowest BCUT2D eigenvalue weighted by atomic mass is 10.1. The second-order valence-electron chi connectivity index (χ2n) is 6.90. The van der Waals surface area contributed by atoms with E-state index in [1.54, 1.807) is 12.5 Å². The third-order valence-electron chi connectivity index (χ3n) is 4.81. The van der Waals surface area contributed by atoms with Crippen LogP contribution in [-0.2, 0) is 11.3 Å². The molecule has 32 heavy (non-hydrogen) atoms. The predicted molar refractivity (Wildman–Crippen MR) is 121 cm³/mol. The second kappa shape index (κ2) is 8.67. The van der Waals surface area contributed by atoms with Gasteiger partial charge in [0.05, 0.1) is 17.7 Å². The van der Waals surface area contributed by atoms with Crippen molar-refractivity contribution in [1.29, 1.82) is 0 Å². The van der Waals surface area contributed by atoms with Gasteiger partial charge in [0.15, 0.2) is 16.7 Å². The van der Waals surface area contributed by atoms with Gasteiger partial charge in [-0.3, -0.25) is 13.8 Å². The van der Waals surface area contributed by atoms with Crippen LogP contribution in [-0.4, -0.2) is 40.8 Å². The van der Waals surface area contributed by atoms with Crippen molar-refractivity contribution in [2.75, 3.05) is 11.1 Å². The van der Waals surface area contributed by atoms with E-state index in [0.29, 0.717) is 29.1 Å². The standard InChI is InChI=1S/C22H19N7O2S/c1-2-29-20(18-5-3-12-31-18)26-27-22(29)32-14-19(30)24-16-8-6-15(7-9-16)17-13-28-11-4-10-23-21(28)25-17/h3-13H,2,14H2,1H3,(H,24,30). The molecule has 1 aromatic carbocycles. The van der Waals surface area contributed by atoms with Gasteiger partial charge in [0, 0.05) is 36.4 Å². The first-order chi connectivity index (χ1) is 15.7. The Hall–Kier alpha value is -3.92. The number of furan rings is 1. The number of hydrogen-bond acceptors (Lipinski definition) is 7. The molecule has 0 aliphatic carbocycles. The Bertz CT molecular complexity index is 1320. The number of hydrogen-bond donors (Lipinski definition) is 1. The minimum absolute atomic E-state index is 0.120. The van der Waals surface area contributed by atoms with Crippen LogP contribution < -0.4 is 5.32 Å². The Morgan fingerprint density at radius 3 is 2.78 bits per heavy atom. The Balaban J connectivity index is 1.22. The number of fused-ring (bicyclic) bond motifs is 1. The molecular weight excluding hydrogens is 426 g/mol. The molecule has 0 unspecified atom stereocenters. The van der Waals surface area contributed by atoms with Crippen LogP contribution in [0.4, 0.5) is 5.69 Å². The van der Waals surface area contributed by atoms with Gasteiger partial charge in [0.25, 0.3) is 0 Å². The molecule has 0 spiro atoms. The van der Waals surface area contributed by atoms with Gasteiger partial charge in [-0.05, 0) is 37.3 Å². The van der Waals surface area contributed by atoms with E-state index >= 15 is 0 Å². The van der Waals surface area contributed by atoms with Crippen molar-refractivity contribution in [1.82, 2.24) is 29.1 Å². The van der Waals surface area contributed by atoms with E-state index in [-0.39, 0.29) is 11.7 Å². The minimum Gasteiger partial charge on any atom is -0.461 e. The van der Waals surface area contributed by atoms with Crippen LogP contribution in [0.3, 0.4) is 0 Å². The third-order valence-corrected chi connectivity index (χ3v) is 5.77. The van der Waals surface area contributed by atoms with Crippen molar-refractivity contribution in [3.8, 4) is 22.8 Å². The fourth-order valence-corrected chi connectivity index (χ4v) is 4.09. The number of thioether (sulfide) groups is 1. The van der Waals surface area contributed by atoms with Gasteiger partial charge < -0.3 is 9.73 Å². The molecule has 9 nitrogen and oxygen atoms in total. The maximum Gasteiger partial charge on any atom is 0.234 e. The number of amides is 1. The summed E-state index contributed by atoms with van der Waals surface area (Å²) < 4.78 is 9.21. The van der Waals surface area contributed by atoms with Gasteiger partial charge in [-0.25, -0.2) is 9.97 Å². The number of carbonyl (C=O) groups excluding carboxylic acids is 1. The lowest BCUT2D eigenvalue weighted by molar-refractivity contribution is -0.113. The van der Waals surface area contributed by atoms with E-state index in [2.05, 4.69) is 25.5 Å². The number of carbonyl (C=O) groups is 1. The highest BCUT2D eigenvalue weighted by Gasteiger charge is 2.16. The summed E-state index contributed by atoms with van der Waals surface area (Å²) in [5.41, 5.74) is 2.49. The van der Waals surface area contributed by atoms with Gasteiger partial charge in [0.2, 0.25) is 11.7 Å². The Labute approximate surface area is 187 Å². The highest BCUT2D eigenvalue weighted by atomic mass is 32.2. The Morgan fingerprint density at radius 1 is 1.16 bits per heavy atom. The van der Waals surface area contributed by atoms with Crippen molar-refractivity contribution in [3.63, 3.8) is 0 Å². The van der Waals surface area contributed by atoms with Gasteiger partial charge in [0.1, 0.15) is 0 Å². The summed E-state index contributed by atoms with van der Waals surface area (Å²) in [4.78, 5) is 21.2. The summed E-state index contributed by atoms with van der Waals surface area (Å²) in [5.74, 6) is 2.04. The van der Waals surface area contributed by atoms with Crippen molar-refractivity contribution < 1.29 is 9.21 Å². The summed E-state index contributed by atoms with van der Waals surface area (Å²) >= 11 is 1.34. The van der Waals surface area contributed by atoms with Crippen molar-refractivity contribution in [3.05, 3.63) is 67.3 Å². The molecule has 5 aromatic rings. The summed E-state index contributed by atoms with van der Waals surface area (Å²) in [6.07, 6.45) is 7.14. The molecule has 10 heteroatoms. The molecule has 0 fully saturated rings. The molecule has 0 bridgehead atoms. The normalized spacial score (nSPS) is 11.2. The predicted octanol–water partition coefficient (Wildman–Crippen LogP) is 4.00. The first-order valence-electron chi connectivity index (χ1n) is 10.0. The molecule has 0 saturated heterocycles. The molecule has 1 amide bonds. The van der Waals surface area contributed by atoms with Crippen LogP contribution >= 0.6 is 11.8 Å². The van der Waals surface area contributed by atoms with Crippen LogP contribution in [0.1, 0.15) is 6.92 Å². The number of nitrogens with zero attached hydrogens (tertiary/aromatic N) is 6. The molecule has 5 rings (SSSR count). The highest BCUT2D eigenvalue weighted by Crippen LogP contribution is 2.25. The number of nitrogens with one attached hydrogen (secondary N) is 1. The molecular formula is C22H19N7O2S. The van der Waals surface area contributed by atoms with E-state index in [1.807, 2.05) is 70.7 Å². The Morgan fingerprint density at radius 2 is 2.03 bits per heavy atom. The zero-order chi connectivity index (χ0) is 21.9. The van der Waals surface area contributed by atoms with E-state index < -0.39 is 0 Å². The van der Waals surface area contributed by atoms with Crippen molar-refractivity contribution in [2.24, 2.45) is 0 Å². The number of benzene rings is 1. The number of anilines is 1.